The average Bonchev–Trinajstić information content (AvgIpc) is 2.74. The van der Waals surface area contributed by atoms with Gasteiger partial charge in [0.1, 0.15) is 6.10 Å². The number of esters is 2. The number of aliphatic hydroxyl groups is 3. The lowest BCUT2D eigenvalue weighted by molar-refractivity contribution is -0.168. The van der Waals surface area contributed by atoms with Gasteiger partial charge in [-0.2, -0.15) is 0 Å². The highest BCUT2D eigenvalue weighted by atomic mass is 16.6. The van der Waals surface area contributed by atoms with Gasteiger partial charge >= 0.3 is 11.9 Å². The smallest absolute Gasteiger partial charge is 0.334 e. The van der Waals surface area contributed by atoms with Crippen LogP contribution in [0.3, 0.4) is 0 Å². The minimum absolute atomic E-state index is 0.0218. The number of carbonyl (C=O) groups is 3. The summed E-state index contributed by atoms with van der Waals surface area (Å²) in [6.45, 7) is 9.48. The summed E-state index contributed by atoms with van der Waals surface area (Å²) in [5, 5.41) is 32.5. The molecule has 6 atom stereocenters. The minimum atomic E-state index is -1.55. The molecule has 0 aromatic heterocycles. The van der Waals surface area contributed by atoms with Crippen molar-refractivity contribution in [1.82, 2.24) is 0 Å². The van der Waals surface area contributed by atoms with Crippen LogP contribution >= 0.6 is 0 Å². The van der Waals surface area contributed by atoms with Crippen LogP contribution in [-0.4, -0.2) is 62.1 Å². The van der Waals surface area contributed by atoms with Crippen molar-refractivity contribution in [2.75, 3.05) is 0 Å². The number of aliphatic hydroxyl groups excluding tert-OH is 1. The molecule has 1 saturated heterocycles. The van der Waals surface area contributed by atoms with Crippen LogP contribution in [0.15, 0.2) is 12.2 Å². The molecular formula is C22H34O8. The fraction of sp³-hybridized carbons (Fsp3) is 0.773. The molecule has 2 bridgehead atoms. The first kappa shape index (κ1) is 24.5. The Bertz CT molecular complexity index is 710. The lowest BCUT2D eigenvalue weighted by atomic mass is 9.78. The number of hydrogen-bond acceptors (Lipinski definition) is 8. The Morgan fingerprint density at radius 2 is 1.73 bits per heavy atom. The molecule has 30 heavy (non-hydrogen) atoms. The van der Waals surface area contributed by atoms with Gasteiger partial charge in [-0.25, -0.2) is 4.79 Å². The molecule has 2 rings (SSSR count). The lowest BCUT2D eigenvalue weighted by Crippen LogP contribution is -2.47. The van der Waals surface area contributed by atoms with Crippen LogP contribution in [-0.2, 0) is 23.9 Å². The topological polar surface area (TPSA) is 130 Å². The van der Waals surface area contributed by atoms with Crippen LogP contribution in [0.1, 0.15) is 72.6 Å². The molecule has 0 aromatic carbocycles. The third-order valence-electron chi connectivity index (χ3n) is 6.63. The van der Waals surface area contributed by atoms with Crippen molar-refractivity contribution in [2.24, 2.45) is 5.92 Å². The quantitative estimate of drug-likeness (QED) is 0.426. The minimum Gasteiger partial charge on any atom is -0.460 e. The first-order valence-electron chi connectivity index (χ1n) is 10.4. The van der Waals surface area contributed by atoms with E-state index in [0.29, 0.717) is 6.42 Å². The third kappa shape index (κ3) is 5.47. The van der Waals surface area contributed by atoms with E-state index in [4.69, 9.17) is 9.47 Å². The number of carbonyl (C=O) groups excluding carboxylic acids is 3. The van der Waals surface area contributed by atoms with E-state index in [0.717, 1.165) is 0 Å². The number of hydrogen-bond donors (Lipinski definition) is 3. The normalized spacial score (nSPS) is 41.6. The SMILES string of the molecule is C=C1C(=O)OC2(C)CCC1CC(O)C(C)(O)CCC(OC(C)=O)C(C)(O)CCC2=O. The van der Waals surface area contributed by atoms with Crippen molar-refractivity contribution in [3.63, 3.8) is 0 Å². The van der Waals surface area contributed by atoms with Crippen LogP contribution in [0.4, 0.5) is 0 Å². The number of ketones is 1. The number of Topliss-reactive ketones (excluding diaryl/α,β-unsaturated/α-hetero) is 1. The Morgan fingerprint density at radius 1 is 1.10 bits per heavy atom. The van der Waals surface area contributed by atoms with Gasteiger partial charge in [0.15, 0.2) is 11.4 Å². The standard InChI is InChI=1S/C22H34O8/c1-13-15-6-11-22(5,30-19(13)26)16(24)7-9-21(4,28)18(29-14(2)23)8-10-20(3,27)17(25)12-15/h15,17-18,25,27-28H,1,6-12H2,2-5H3. The molecular weight excluding hydrogens is 392 g/mol. The molecule has 8 heteroatoms. The van der Waals surface area contributed by atoms with Crippen molar-refractivity contribution in [3.8, 4) is 0 Å². The van der Waals surface area contributed by atoms with Crippen molar-refractivity contribution < 1.29 is 39.2 Å². The Kier molecular flexibility index (Phi) is 7.16. The van der Waals surface area contributed by atoms with Crippen molar-refractivity contribution in [3.05, 3.63) is 12.2 Å². The second-order valence-corrected chi connectivity index (χ2v) is 9.41. The Hall–Kier alpha value is -1.77. The first-order valence-corrected chi connectivity index (χ1v) is 10.4. The van der Waals surface area contributed by atoms with Crippen molar-refractivity contribution in [1.29, 1.82) is 0 Å². The molecule has 2 fully saturated rings. The molecule has 0 aromatic rings. The predicted molar refractivity (Wildman–Crippen MR) is 107 cm³/mol. The monoisotopic (exact) mass is 426 g/mol. The van der Waals surface area contributed by atoms with E-state index in [1.807, 2.05) is 0 Å². The maximum absolute atomic E-state index is 12.9. The van der Waals surface area contributed by atoms with Crippen LogP contribution in [0, 0.1) is 5.92 Å². The van der Waals surface area contributed by atoms with E-state index in [2.05, 4.69) is 6.58 Å². The van der Waals surface area contributed by atoms with Gasteiger partial charge < -0.3 is 24.8 Å². The zero-order valence-corrected chi connectivity index (χ0v) is 18.3. The largest absolute Gasteiger partial charge is 0.460 e. The van der Waals surface area contributed by atoms with Gasteiger partial charge in [-0.05, 0) is 65.2 Å². The molecule has 1 aliphatic heterocycles. The molecule has 6 unspecified atom stereocenters. The molecule has 3 N–H and O–H groups in total. The second-order valence-electron chi connectivity index (χ2n) is 9.41. The third-order valence-corrected chi connectivity index (χ3v) is 6.63. The van der Waals surface area contributed by atoms with Gasteiger partial charge in [0.2, 0.25) is 0 Å². The molecule has 170 valence electrons. The van der Waals surface area contributed by atoms with Crippen LogP contribution in [0.2, 0.25) is 0 Å². The van der Waals surface area contributed by atoms with Crippen molar-refractivity contribution >= 4 is 17.7 Å². The zero-order chi connectivity index (χ0) is 22.9. The first-order chi connectivity index (χ1) is 13.7. The van der Waals surface area contributed by atoms with Crippen LogP contribution < -0.4 is 0 Å². The summed E-state index contributed by atoms with van der Waals surface area (Å²) < 4.78 is 10.8. The molecule has 1 saturated carbocycles. The molecule has 2 aliphatic rings. The zero-order valence-electron chi connectivity index (χ0n) is 18.3. The summed E-state index contributed by atoms with van der Waals surface area (Å²) in [6.07, 6.45) is -1.44. The Balaban J connectivity index is 2.42. The van der Waals surface area contributed by atoms with E-state index in [9.17, 15) is 29.7 Å². The Morgan fingerprint density at radius 3 is 2.33 bits per heavy atom. The highest BCUT2D eigenvalue weighted by molar-refractivity contribution is 5.94. The molecule has 0 amide bonds. The van der Waals surface area contributed by atoms with Gasteiger partial charge in [-0.15, -0.1) is 0 Å². The van der Waals surface area contributed by atoms with E-state index in [-0.39, 0.29) is 49.9 Å². The summed E-state index contributed by atoms with van der Waals surface area (Å²) in [4.78, 5) is 37.0. The van der Waals surface area contributed by atoms with Crippen LogP contribution in [0.5, 0.6) is 0 Å². The number of fused-ring (bicyclic) bond motifs is 3. The van der Waals surface area contributed by atoms with E-state index in [1.54, 1.807) is 6.92 Å². The molecule has 1 aliphatic carbocycles. The van der Waals surface area contributed by atoms with Gasteiger partial charge in [0, 0.05) is 18.9 Å². The Labute approximate surface area is 177 Å². The maximum atomic E-state index is 12.9. The molecule has 0 spiro atoms. The van der Waals surface area contributed by atoms with E-state index in [1.165, 1.54) is 20.8 Å². The highest BCUT2D eigenvalue weighted by Gasteiger charge is 2.46. The fourth-order valence-corrected chi connectivity index (χ4v) is 4.17. The number of rotatable bonds is 1. The molecule has 8 nitrogen and oxygen atoms in total. The summed E-state index contributed by atoms with van der Waals surface area (Å²) in [5.41, 5.74) is -4.31. The molecule has 1 heterocycles. The lowest BCUT2D eigenvalue weighted by Gasteiger charge is -2.37. The fourth-order valence-electron chi connectivity index (χ4n) is 4.17. The summed E-state index contributed by atoms with van der Waals surface area (Å²) >= 11 is 0. The van der Waals surface area contributed by atoms with Gasteiger partial charge in [0.05, 0.1) is 17.3 Å². The summed E-state index contributed by atoms with van der Waals surface area (Å²) in [5.74, 6) is -2.07. The number of ether oxygens (including phenoxy) is 2. The van der Waals surface area contributed by atoms with Gasteiger partial charge in [-0.3, -0.25) is 9.59 Å². The highest BCUT2D eigenvalue weighted by Crippen LogP contribution is 2.38. The van der Waals surface area contributed by atoms with E-state index >= 15 is 0 Å². The maximum Gasteiger partial charge on any atom is 0.334 e. The second kappa shape index (κ2) is 8.77. The van der Waals surface area contributed by atoms with Crippen LogP contribution in [0.25, 0.3) is 0 Å². The van der Waals surface area contributed by atoms with Gasteiger partial charge in [0.25, 0.3) is 0 Å². The van der Waals surface area contributed by atoms with E-state index < -0.39 is 46.9 Å². The molecule has 0 radical (unpaired) electrons. The van der Waals surface area contributed by atoms with Crippen molar-refractivity contribution in [2.45, 2.75) is 102 Å². The predicted octanol–water partition coefficient (Wildman–Crippen LogP) is 1.58. The van der Waals surface area contributed by atoms with Gasteiger partial charge in [-0.1, -0.05) is 6.58 Å². The average molecular weight is 427 g/mol. The summed E-state index contributed by atoms with van der Waals surface area (Å²) in [7, 11) is 0. The summed E-state index contributed by atoms with van der Waals surface area (Å²) in [6, 6.07) is 0.